The zero-order valence-electron chi connectivity index (χ0n) is 11.7. The maximum atomic E-state index is 12.1. The zero-order valence-corrected chi connectivity index (χ0v) is 11.7. The largest absolute Gasteiger partial charge is 0.395 e. The molecule has 0 aliphatic heterocycles. The highest BCUT2D eigenvalue weighted by atomic mass is 16.2. The first kappa shape index (κ1) is 14.0. The molecule has 0 saturated carbocycles. The third-order valence-corrected chi connectivity index (χ3v) is 3.05. The molecule has 0 saturated heterocycles. The van der Waals surface area contributed by atoms with Crippen LogP contribution in [0, 0.1) is 0 Å². The quantitative estimate of drug-likeness (QED) is 0.645. The standard InChI is InChI=1S/C12H19N7O/c1-3-8-10(13)11(19(2)18-8)12(20)14-6-4-5-9-15-7-16-17-9/h7H,3-6,13H2,1-2H3,(H,14,20)(H,15,16,17). The van der Waals surface area contributed by atoms with E-state index in [9.17, 15) is 4.79 Å². The van der Waals surface area contributed by atoms with Crippen molar-refractivity contribution in [3.05, 3.63) is 23.5 Å². The van der Waals surface area contributed by atoms with Gasteiger partial charge in [0.1, 0.15) is 17.8 Å². The van der Waals surface area contributed by atoms with E-state index in [2.05, 4.69) is 25.6 Å². The summed E-state index contributed by atoms with van der Waals surface area (Å²) in [5.74, 6) is 0.613. The number of amides is 1. The Bertz CT molecular complexity index is 573. The Morgan fingerprint density at radius 2 is 2.35 bits per heavy atom. The van der Waals surface area contributed by atoms with Crippen LogP contribution in [0.5, 0.6) is 0 Å². The van der Waals surface area contributed by atoms with E-state index in [1.807, 2.05) is 6.92 Å². The van der Waals surface area contributed by atoms with E-state index >= 15 is 0 Å². The van der Waals surface area contributed by atoms with Crippen molar-refractivity contribution in [3.8, 4) is 0 Å². The van der Waals surface area contributed by atoms with Gasteiger partial charge in [0.2, 0.25) is 0 Å². The van der Waals surface area contributed by atoms with Crippen LogP contribution in [-0.4, -0.2) is 37.4 Å². The molecule has 0 unspecified atom stereocenters. The van der Waals surface area contributed by atoms with Gasteiger partial charge >= 0.3 is 0 Å². The van der Waals surface area contributed by atoms with Crippen molar-refractivity contribution in [2.75, 3.05) is 12.3 Å². The van der Waals surface area contributed by atoms with E-state index in [1.165, 1.54) is 11.0 Å². The molecule has 0 aliphatic rings. The third-order valence-electron chi connectivity index (χ3n) is 3.05. The van der Waals surface area contributed by atoms with E-state index in [0.29, 0.717) is 24.3 Å². The molecule has 8 heteroatoms. The van der Waals surface area contributed by atoms with Crippen LogP contribution in [0.25, 0.3) is 0 Å². The molecule has 8 nitrogen and oxygen atoms in total. The Balaban J connectivity index is 1.87. The second-order valence-corrected chi connectivity index (χ2v) is 4.48. The molecule has 0 aromatic carbocycles. The molecular weight excluding hydrogens is 258 g/mol. The van der Waals surface area contributed by atoms with Gasteiger partial charge in [-0.05, 0) is 12.8 Å². The van der Waals surface area contributed by atoms with E-state index < -0.39 is 0 Å². The molecule has 0 bridgehead atoms. The van der Waals surface area contributed by atoms with Crippen LogP contribution in [0.2, 0.25) is 0 Å². The number of nitrogen functional groups attached to an aromatic ring is 1. The molecule has 0 atom stereocenters. The first-order valence-corrected chi connectivity index (χ1v) is 6.57. The fourth-order valence-electron chi connectivity index (χ4n) is 2.02. The molecule has 20 heavy (non-hydrogen) atoms. The van der Waals surface area contributed by atoms with Gasteiger partial charge in [0, 0.05) is 20.0 Å². The number of hydrogen-bond acceptors (Lipinski definition) is 5. The Morgan fingerprint density at radius 1 is 1.55 bits per heavy atom. The van der Waals surface area contributed by atoms with Crippen LogP contribution in [0.4, 0.5) is 5.69 Å². The van der Waals surface area contributed by atoms with Crippen molar-refractivity contribution in [1.29, 1.82) is 0 Å². The highest BCUT2D eigenvalue weighted by molar-refractivity contribution is 5.97. The molecule has 0 aliphatic carbocycles. The molecular formula is C12H19N7O. The third kappa shape index (κ3) is 2.95. The maximum Gasteiger partial charge on any atom is 0.271 e. The summed E-state index contributed by atoms with van der Waals surface area (Å²) < 4.78 is 1.53. The van der Waals surface area contributed by atoms with E-state index in [-0.39, 0.29) is 5.91 Å². The summed E-state index contributed by atoms with van der Waals surface area (Å²) in [7, 11) is 1.72. The summed E-state index contributed by atoms with van der Waals surface area (Å²) in [5, 5.41) is 13.6. The van der Waals surface area contributed by atoms with Crippen molar-refractivity contribution >= 4 is 11.6 Å². The lowest BCUT2D eigenvalue weighted by Gasteiger charge is -2.05. The van der Waals surface area contributed by atoms with Crippen molar-refractivity contribution < 1.29 is 4.79 Å². The predicted octanol–water partition coefficient (Wildman–Crippen LogP) is 0.0454. The lowest BCUT2D eigenvalue weighted by atomic mass is 10.2. The van der Waals surface area contributed by atoms with Crippen LogP contribution in [0.1, 0.15) is 35.4 Å². The number of H-pyrrole nitrogens is 1. The van der Waals surface area contributed by atoms with Crippen LogP contribution < -0.4 is 11.1 Å². The molecule has 0 radical (unpaired) electrons. The zero-order chi connectivity index (χ0) is 14.5. The topological polar surface area (TPSA) is 115 Å². The highest BCUT2D eigenvalue weighted by Crippen LogP contribution is 2.16. The van der Waals surface area contributed by atoms with E-state index in [0.717, 1.165) is 24.4 Å². The first-order chi connectivity index (χ1) is 9.63. The number of nitrogens with zero attached hydrogens (tertiary/aromatic N) is 4. The summed E-state index contributed by atoms with van der Waals surface area (Å²) in [6, 6.07) is 0. The number of rotatable bonds is 6. The van der Waals surface area contributed by atoms with Gasteiger partial charge in [0.25, 0.3) is 5.91 Å². The van der Waals surface area contributed by atoms with Gasteiger partial charge < -0.3 is 11.1 Å². The van der Waals surface area contributed by atoms with E-state index in [1.54, 1.807) is 7.05 Å². The highest BCUT2D eigenvalue weighted by Gasteiger charge is 2.18. The Labute approximate surface area is 116 Å². The van der Waals surface area contributed by atoms with Gasteiger partial charge in [-0.1, -0.05) is 6.92 Å². The van der Waals surface area contributed by atoms with E-state index in [4.69, 9.17) is 5.73 Å². The SMILES string of the molecule is CCc1nn(C)c(C(=O)NCCCc2ncn[nH]2)c1N. The number of carbonyl (C=O) groups is 1. The average Bonchev–Trinajstić information content (AvgIpc) is 3.02. The lowest BCUT2D eigenvalue weighted by Crippen LogP contribution is -2.27. The normalized spacial score (nSPS) is 10.7. The Morgan fingerprint density at radius 3 is 2.95 bits per heavy atom. The predicted molar refractivity (Wildman–Crippen MR) is 74.0 cm³/mol. The molecule has 2 heterocycles. The fraction of sp³-hybridized carbons (Fsp3) is 0.500. The molecule has 108 valence electrons. The van der Waals surface area contributed by atoms with Crippen LogP contribution >= 0.6 is 0 Å². The van der Waals surface area contributed by atoms with Gasteiger partial charge in [-0.25, -0.2) is 4.98 Å². The summed E-state index contributed by atoms with van der Waals surface area (Å²) in [5.41, 5.74) is 7.56. The second-order valence-electron chi connectivity index (χ2n) is 4.48. The Kier molecular flexibility index (Phi) is 4.34. The minimum absolute atomic E-state index is 0.199. The monoisotopic (exact) mass is 277 g/mol. The molecule has 2 rings (SSSR count). The van der Waals surface area contributed by atoms with Gasteiger partial charge in [-0.15, -0.1) is 0 Å². The summed E-state index contributed by atoms with van der Waals surface area (Å²) >= 11 is 0. The van der Waals surface area contributed by atoms with Crippen LogP contribution in [-0.2, 0) is 19.9 Å². The van der Waals surface area contributed by atoms with Crippen LogP contribution in [0.3, 0.4) is 0 Å². The van der Waals surface area contributed by atoms with Gasteiger partial charge in [-0.3, -0.25) is 14.6 Å². The number of anilines is 1. The fourth-order valence-corrected chi connectivity index (χ4v) is 2.02. The van der Waals surface area contributed by atoms with Gasteiger partial charge in [0.15, 0.2) is 0 Å². The maximum absolute atomic E-state index is 12.1. The number of aromatic amines is 1. The number of hydrogen-bond donors (Lipinski definition) is 3. The molecule has 0 fully saturated rings. The van der Waals surface area contributed by atoms with Crippen molar-refractivity contribution in [3.63, 3.8) is 0 Å². The number of aromatic nitrogens is 5. The van der Waals surface area contributed by atoms with Crippen molar-refractivity contribution in [1.82, 2.24) is 30.3 Å². The smallest absolute Gasteiger partial charge is 0.271 e. The average molecular weight is 277 g/mol. The molecule has 1 amide bonds. The molecule has 4 N–H and O–H groups in total. The minimum Gasteiger partial charge on any atom is -0.395 e. The summed E-state index contributed by atoms with van der Waals surface area (Å²) in [6.45, 7) is 2.50. The van der Waals surface area contributed by atoms with Crippen LogP contribution in [0.15, 0.2) is 6.33 Å². The number of carbonyl (C=O) groups excluding carboxylic acids is 1. The van der Waals surface area contributed by atoms with Crippen molar-refractivity contribution in [2.45, 2.75) is 26.2 Å². The number of nitrogens with one attached hydrogen (secondary N) is 2. The molecule has 0 spiro atoms. The molecule has 2 aromatic rings. The summed E-state index contributed by atoms with van der Waals surface area (Å²) in [4.78, 5) is 16.1. The molecule has 2 aromatic heterocycles. The number of aryl methyl sites for hydroxylation is 3. The lowest BCUT2D eigenvalue weighted by molar-refractivity contribution is 0.0944. The van der Waals surface area contributed by atoms with Crippen molar-refractivity contribution in [2.24, 2.45) is 7.05 Å². The van der Waals surface area contributed by atoms with Gasteiger partial charge in [0.05, 0.1) is 11.4 Å². The minimum atomic E-state index is -0.199. The first-order valence-electron chi connectivity index (χ1n) is 6.57. The summed E-state index contributed by atoms with van der Waals surface area (Å²) in [6.07, 6.45) is 3.69. The number of nitrogens with two attached hydrogens (primary N) is 1. The Hall–Kier alpha value is -2.38. The second kappa shape index (κ2) is 6.18. The van der Waals surface area contributed by atoms with Gasteiger partial charge in [-0.2, -0.15) is 10.2 Å².